The van der Waals surface area contributed by atoms with Gasteiger partial charge in [0.15, 0.2) is 17.3 Å². The highest BCUT2D eigenvalue weighted by atomic mass is 16.7. The van der Waals surface area contributed by atoms with Gasteiger partial charge in [-0.15, -0.1) is 10.2 Å². The fourth-order valence-corrected chi connectivity index (χ4v) is 3.05. The molecule has 29 heavy (non-hydrogen) atoms. The monoisotopic (exact) mass is 398 g/mol. The maximum Gasteiger partial charge on any atom is 0.283 e. The van der Waals surface area contributed by atoms with Crippen molar-refractivity contribution < 1.29 is 23.1 Å². The van der Waals surface area contributed by atoms with Gasteiger partial charge in [-0.2, -0.15) is 0 Å². The number of furan rings is 1. The van der Waals surface area contributed by atoms with Gasteiger partial charge < -0.3 is 23.6 Å². The van der Waals surface area contributed by atoms with E-state index in [9.17, 15) is 4.79 Å². The van der Waals surface area contributed by atoms with Crippen molar-refractivity contribution in [2.24, 2.45) is 0 Å². The molecule has 0 fully saturated rings. The molecule has 0 saturated carbocycles. The quantitative estimate of drug-likeness (QED) is 0.587. The molecule has 0 spiro atoms. The van der Waals surface area contributed by atoms with Crippen LogP contribution >= 0.6 is 0 Å². The zero-order chi connectivity index (χ0) is 20.1. The molecule has 3 aromatic rings. The Labute approximate surface area is 167 Å². The van der Waals surface area contributed by atoms with E-state index in [2.05, 4.69) is 22.4 Å². The van der Waals surface area contributed by atoms with Gasteiger partial charge in [0.2, 0.25) is 18.6 Å². The van der Waals surface area contributed by atoms with Crippen molar-refractivity contribution >= 4 is 5.91 Å². The van der Waals surface area contributed by atoms with Gasteiger partial charge in [-0.3, -0.25) is 9.69 Å². The maximum absolute atomic E-state index is 12.4. The van der Waals surface area contributed by atoms with Gasteiger partial charge in [0.25, 0.3) is 5.89 Å². The molecule has 2 aromatic heterocycles. The molecule has 9 heteroatoms. The lowest BCUT2D eigenvalue weighted by molar-refractivity contribution is -0.122. The van der Waals surface area contributed by atoms with Crippen molar-refractivity contribution in [2.75, 3.05) is 19.9 Å². The van der Waals surface area contributed by atoms with E-state index >= 15 is 0 Å². The minimum absolute atomic E-state index is 0.0816. The number of hydrogen-bond donors (Lipinski definition) is 1. The lowest BCUT2D eigenvalue weighted by Gasteiger charge is -2.19. The predicted molar refractivity (Wildman–Crippen MR) is 102 cm³/mol. The molecule has 0 aliphatic carbocycles. The van der Waals surface area contributed by atoms with Crippen LogP contribution in [0.15, 0.2) is 45.4 Å². The Morgan fingerprint density at radius 3 is 2.93 bits per heavy atom. The number of rotatable bonds is 9. The summed E-state index contributed by atoms with van der Waals surface area (Å²) in [5.41, 5.74) is 0.949. The van der Waals surface area contributed by atoms with Crippen LogP contribution in [0, 0.1) is 0 Å². The molecule has 1 aromatic carbocycles. The van der Waals surface area contributed by atoms with Gasteiger partial charge in [0.05, 0.1) is 19.4 Å². The molecule has 1 amide bonds. The number of nitrogens with one attached hydrogen (secondary N) is 1. The van der Waals surface area contributed by atoms with Crippen LogP contribution < -0.4 is 14.8 Å². The highest BCUT2D eigenvalue weighted by Gasteiger charge is 2.17. The molecular weight excluding hydrogens is 376 g/mol. The standard InChI is InChI=1S/C20H22N4O5/c1-2-7-24(12-19-22-23-20(29-19)16-4-3-8-26-16)11-18(25)21-10-14-5-6-15-17(9-14)28-13-27-15/h3-6,8-9H,2,7,10-13H2,1H3,(H,21,25). The molecule has 1 N–H and O–H groups in total. The van der Waals surface area contributed by atoms with E-state index in [0.717, 1.165) is 24.3 Å². The zero-order valence-electron chi connectivity index (χ0n) is 16.1. The minimum Gasteiger partial charge on any atom is -0.459 e. The number of ether oxygens (including phenoxy) is 2. The summed E-state index contributed by atoms with van der Waals surface area (Å²) in [5.74, 6) is 2.63. The fourth-order valence-electron chi connectivity index (χ4n) is 3.05. The smallest absolute Gasteiger partial charge is 0.283 e. The number of carbonyl (C=O) groups is 1. The summed E-state index contributed by atoms with van der Waals surface area (Å²) < 4.78 is 21.6. The van der Waals surface area contributed by atoms with Crippen LogP contribution in [-0.2, 0) is 17.9 Å². The van der Waals surface area contributed by atoms with Gasteiger partial charge in [-0.25, -0.2) is 0 Å². The van der Waals surface area contributed by atoms with Gasteiger partial charge in [0.1, 0.15) is 0 Å². The van der Waals surface area contributed by atoms with Crippen LogP contribution in [0.4, 0.5) is 0 Å². The van der Waals surface area contributed by atoms with E-state index < -0.39 is 0 Å². The molecule has 0 unspecified atom stereocenters. The van der Waals surface area contributed by atoms with Crippen molar-refractivity contribution in [3.8, 4) is 23.1 Å². The third-order valence-electron chi connectivity index (χ3n) is 4.39. The SMILES string of the molecule is CCCN(CC(=O)NCc1ccc2c(c1)OCO2)Cc1nnc(-c2ccco2)o1. The molecule has 1 aliphatic heterocycles. The first-order valence-electron chi connectivity index (χ1n) is 9.45. The normalized spacial score (nSPS) is 12.5. The first-order chi connectivity index (χ1) is 14.2. The Bertz CT molecular complexity index is 954. The van der Waals surface area contributed by atoms with E-state index in [-0.39, 0.29) is 19.2 Å². The van der Waals surface area contributed by atoms with Gasteiger partial charge in [-0.05, 0) is 42.8 Å². The molecule has 3 heterocycles. The predicted octanol–water partition coefficient (Wildman–Crippen LogP) is 2.59. The molecule has 9 nitrogen and oxygen atoms in total. The topological polar surface area (TPSA) is 103 Å². The second-order valence-electron chi connectivity index (χ2n) is 6.65. The summed E-state index contributed by atoms with van der Waals surface area (Å²) in [7, 11) is 0. The van der Waals surface area contributed by atoms with Crippen LogP contribution in [0.2, 0.25) is 0 Å². The number of aromatic nitrogens is 2. The first-order valence-corrected chi connectivity index (χ1v) is 9.45. The number of fused-ring (bicyclic) bond motifs is 1. The van der Waals surface area contributed by atoms with Crippen LogP contribution in [-0.4, -0.2) is 40.9 Å². The molecule has 0 saturated heterocycles. The molecule has 152 valence electrons. The van der Waals surface area contributed by atoms with E-state index in [4.69, 9.17) is 18.3 Å². The minimum atomic E-state index is -0.0816. The summed E-state index contributed by atoms with van der Waals surface area (Å²) in [6.07, 6.45) is 2.45. The molecule has 1 aliphatic rings. The van der Waals surface area contributed by atoms with Crippen molar-refractivity contribution in [1.29, 1.82) is 0 Å². The average Bonchev–Trinajstić information content (AvgIpc) is 3.46. The Hall–Kier alpha value is -3.33. The van der Waals surface area contributed by atoms with E-state index in [0.29, 0.717) is 36.4 Å². The van der Waals surface area contributed by atoms with E-state index in [1.165, 1.54) is 0 Å². The Morgan fingerprint density at radius 1 is 1.21 bits per heavy atom. The number of amides is 1. The van der Waals surface area contributed by atoms with Crippen LogP contribution in [0.5, 0.6) is 11.5 Å². The summed E-state index contributed by atoms with van der Waals surface area (Å²) in [5, 5.41) is 11.0. The number of hydrogen-bond acceptors (Lipinski definition) is 8. The van der Waals surface area contributed by atoms with Crippen LogP contribution in [0.3, 0.4) is 0 Å². The van der Waals surface area contributed by atoms with E-state index in [1.54, 1.807) is 18.4 Å². The fraction of sp³-hybridized carbons (Fsp3) is 0.350. The lowest BCUT2D eigenvalue weighted by atomic mass is 10.2. The second kappa shape index (κ2) is 8.78. The number of carbonyl (C=O) groups excluding carboxylic acids is 1. The van der Waals surface area contributed by atoms with E-state index in [1.807, 2.05) is 23.1 Å². The van der Waals surface area contributed by atoms with Gasteiger partial charge in [-0.1, -0.05) is 13.0 Å². The largest absolute Gasteiger partial charge is 0.459 e. The van der Waals surface area contributed by atoms with Gasteiger partial charge in [0, 0.05) is 6.54 Å². The average molecular weight is 398 g/mol. The molecule has 0 atom stereocenters. The number of nitrogens with zero attached hydrogens (tertiary/aromatic N) is 3. The maximum atomic E-state index is 12.4. The summed E-state index contributed by atoms with van der Waals surface area (Å²) in [6, 6.07) is 9.14. The highest BCUT2D eigenvalue weighted by molar-refractivity contribution is 5.78. The Balaban J connectivity index is 1.31. The summed E-state index contributed by atoms with van der Waals surface area (Å²) >= 11 is 0. The van der Waals surface area contributed by atoms with Crippen molar-refractivity contribution in [2.45, 2.75) is 26.4 Å². The van der Waals surface area contributed by atoms with Crippen LogP contribution in [0.25, 0.3) is 11.7 Å². The second-order valence-corrected chi connectivity index (χ2v) is 6.65. The molecule has 4 rings (SSSR count). The van der Waals surface area contributed by atoms with Gasteiger partial charge >= 0.3 is 0 Å². The Morgan fingerprint density at radius 2 is 2.10 bits per heavy atom. The first kappa shape index (κ1) is 19.0. The lowest BCUT2D eigenvalue weighted by Crippen LogP contribution is -2.37. The zero-order valence-corrected chi connectivity index (χ0v) is 16.1. The van der Waals surface area contributed by atoms with Crippen molar-refractivity contribution in [3.05, 3.63) is 48.0 Å². The summed E-state index contributed by atoms with van der Waals surface area (Å²) in [4.78, 5) is 14.4. The number of benzene rings is 1. The third kappa shape index (κ3) is 4.75. The highest BCUT2D eigenvalue weighted by Crippen LogP contribution is 2.32. The Kier molecular flexibility index (Phi) is 5.76. The summed E-state index contributed by atoms with van der Waals surface area (Å²) in [6.45, 7) is 4.05. The van der Waals surface area contributed by atoms with Crippen molar-refractivity contribution in [3.63, 3.8) is 0 Å². The molecule has 0 radical (unpaired) electrons. The third-order valence-corrected chi connectivity index (χ3v) is 4.39. The van der Waals surface area contributed by atoms with Crippen LogP contribution in [0.1, 0.15) is 24.8 Å². The molecular formula is C20H22N4O5. The molecule has 0 bridgehead atoms. The van der Waals surface area contributed by atoms with Crippen molar-refractivity contribution in [1.82, 2.24) is 20.4 Å².